The number of nitrogens with one attached hydrogen (secondary N) is 1. The van der Waals surface area contributed by atoms with Crippen LogP contribution in [0.15, 0.2) is 52.9 Å². The van der Waals surface area contributed by atoms with Crippen LogP contribution >= 0.6 is 0 Å². The first kappa shape index (κ1) is 35.0. The zero-order valence-electron chi connectivity index (χ0n) is 28.5. The Kier molecular flexibility index (Phi) is 9.16. The maximum Gasteiger partial charge on any atom is 0.498 e. The van der Waals surface area contributed by atoms with Crippen LogP contribution in [0.4, 0.5) is 20.2 Å². The Morgan fingerprint density at radius 3 is 2.27 bits per heavy atom. The molecule has 0 radical (unpaired) electrons. The second-order valence-corrected chi connectivity index (χ2v) is 15.3. The van der Waals surface area contributed by atoms with Crippen LogP contribution in [0.2, 0.25) is 0 Å². The van der Waals surface area contributed by atoms with Gasteiger partial charge in [0, 0.05) is 36.6 Å². The van der Waals surface area contributed by atoms with Crippen LogP contribution in [0.5, 0.6) is 0 Å². The predicted octanol–water partition coefficient (Wildman–Crippen LogP) is 6.13. The Morgan fingerprint density at radius 1 is 1.04 bits per heavy atom. The van der Waals surface area contributed by atoms with Crippen LogP contribution in [0.25, 0.3) is 22.3 Å². The number of furan rings is 1. The minimum atomic E-state index is -4.10. The first-order chi connectivity index (χ1) is 23.1. The molecule has 1 aliphatic heterocycles. The number of benzene rings is 3. The van der Waals surface area contributed by atoms with Crippen LogP contribution < -0.4 is 15.1 Å². The minimum Gasteiger partial charge on any atom is -0.455 e. The van der Waals surface area contributed by atoms with Crippen molar-refractivity contribution in [3.8, 4) is 11.3 Å². The number of carbonyl (C=O) groups excluding carboxylic acids is 1. The second kappa shape index (κ2) is 12.8. The highest BCUT2D eigenvalue weighted by Crippen LogP contribution is 2.49. The Labute approximate surface area is 284 Å². The van der Waals surface area contributed by atoms with E-state index in [0.717, 1.165) is 29.5 Å². The van der Waals surface area contributed by atoms with Gasteiger partial charge in [0.25, 0.3) is 5.91 Å². The fraction of sp³-hybridized carbons (Fsp3) is 0.400. The van der Waals surface area contributed by atoms with E-state index in [0.29, 0.717) is 22.1 Å². The number of hydrogen-bond acceptors (Lipinski definition) is 8. The number of carbonyl (C=O) groups is 1. The van der Waals surface area contributed by atoms with Crippen molar-refractivity contribution in [2.75, 3.05) is 31.5 Å². The highest BCUT2D eigenvalue weighted by atomic mass is 32.2. The van der Waals surface area contributed by atoms with E-state index in [4.69, 9.17) is 23.2 Å². The number of sulfonamides is 1. The minimum absolute atomic E-state index is 0.0104. The van der Waals surface area contributed by atoms with Crippen molar-refractivity contribution >= 4 is 50.9 Å². The number of nitrogens with zero attached hydrogens (tertiary/aromatic N) is 1. The van der Waals surface area contributed by atoms with E-state index in [1.54, 1.807) is 18.2 Å². The van der Waals surface area contributed by atoms with Crippen molar-refractivity contribution in [3.63, 3.8) is 0 Å². The molecule has 1 saturated heterocycles. The van der Waals surface area contributed by atoms with Crippen molar-refractivity contribution < 1.29 is 45.2 Å². The first-order valence-corrected chi connectivity index (χ1v) is 17.7. The molecule has 0 unspecified atom stereocenters. The van der Waals surface area contributed by atoms with Crippen molar-refractivity contribution in [1.82, 2.24) is 5.32 Å². The molecule has 0 atom stereocenters. The van der Waals surface area contributed by atoms with Gasteiger partial charge in [0.15, 0.2) is 0 Å². The van der Waals surface area contributed by atoms with Gasteiger partial charge in [0.2, 0.25) is 10.0 Å². The van der Waals surface area contributed by atoms with Crippen molar-refractivity contribution in [2.45, 2.75) is 64.3 Å². The third-order valence-corrected chi connectivity index (χ3v) is 10.4. The quantitative estimate of drug-likeness (QED) is 0.113. The van der Waals surface area contributed by atoms with Crippen LogP contribution in [0, 0.1) is 11.6 Å². The van der Waals surface area contributed by atoms with E-state index in [-0.39, 0.29) is 53.1 Å². The Hall–Kier alpha value is -3.82. The lowest BCUT2D eigenvalue weighted by Crippen LogP contribution is -2.41. The lowest BCUT2D eigenvalue weighted by Gasteiger charge is -2.32. The molecule has 0 bridgehead atoms. The summed E-state index contributed by atoms with van der Waals surface area (Å²) in [5, 5.41) is 3.11. The average molecular weight is 697 g/mol. The molecule has 1 aromatic heterocycles. The maximum absolute atomic E-state index is 16.4. The zero-order valence-corrected chi connectivity index (χ0v) is 29.3. The highest BCUT2D eigenvalue weighted by Gasteiger charge is 2.53. The lowest BCUT2D eigenvalue weighted by atomic mass is 9.75. The average Bonchev–Trinajstić information content (AvgIpc) is 3.75. The fourth-order valence-corrected chi connectivity index (χ4v) is 7.07. The number of rotatable bonds is 11. The Bertz CT molecular complexity index is 2010. The van der Waals surface area contributed by atoms with Gasteiger partial charge in [-0.2, -0.15) is 0 Å². The van der Waals surface area contributed by atoms with Gasteiger partial charge in [0.1, 0.15) is 29.8 Å². The van der Waals surface area contributed by atoms with E-state index in [1.165, 1.54) is 38.4 Å². The van der Waals surface area contributed by atoms with Crippen molar-refractivity contribution in [2.24, 2.45) is 0 Å². The van der Waals surface area contributed by atoms with Crippen molar-refractivity contribution in [3.05, 3.63) is 76.9 Å². The summed E-state index contributed by atoms with van der Waals surface area (Å²) >= 11 is 0. The van der Waals surface area contributed by atoms with Crippen LogP contribution in [0.1, 0.15) is 67.9 Å². The number of halogens is 2. The molecule has 0 spiro atoms. The lowest BCUT2D eigenvalue weighted by molar-refractivity contribution is -0.0389. The number of amides is 1. The zero-order chi connectivity index (χ0) is 35.5. The molecule has 2 heterocycles. The third kappa shape index (κ3) is 6.60. The summed E-state index contributed by atoms with van der Waals surface area (Å²) in [5.41, 5.74) is 0.744. The van der Waals surface area contributed by atoms with Gasteiger partial charge in [0.05, 0.1) is 41.0 Å². The summed E-state index contributed by atoms with van der Waals surface area (Å²) < 4.78 is 88.0. The van der Waals surface area contributed by atoms with Gasteiger partial charge in [-0.15, -0.1) is 0 Å². The smallest absolute Gasteiger partial charge is 0.455 e. The van der Waals surface area contributed by atoms with Crippen LogP contribution in [-0.2, 0) is 35.4 Å². The molecule has 4 aromatic rings. The van der Waals surface area contributed by atoms with Crippen LogP contribution in [0.3, 0.4) is 0 Å². The van der Waals surface area contributed by atoms with Gasteiger partial charge in [-0.1, -0.05) is 0 Å². The number of anilines is 2. The highest BCUT2D eigenvalue weighted by molar-refractivity contribution is 7.92. The fourth-order valence-electron chi connectivity index (χ4n) is 6.07. The third-order valence-electron chi connectivity index (χ3n) is 9.35. The first-order valence-electron chi connectivity index (χ1n) is 15.9. The summed E-state index contributed by atoms with van der Waals surface area (Å²) in [5.74, 6) is -1.42. The van der Waals surface area contributed by atoms with Gasteiger partial charge in [-0.05, 0) is 100 Å². The van der Waals surface area contributed by atoms with Gasteiger partial charge in [-0.25, -0.2) is 21.5 Å². The van der Waals surface area contributed by atoms with Crippen molar-refractivity contribution in [1.29, 1.82) is 0 Å². The summed E-state index contributed by atoms with van der Waals surface area (Å²) in [6.07, 6.45) is 2.62. The van der Waals surface area contributed by atoms with Crippen LogP contribution in [-0.4, -0.2) is 59.9 Å². The van der Waals surface area contributed by atoms with Gasteiger partial charge < -0.3 is 28.5 Å². The SMILES string of the molecule is CNC(=O)c1c(-c2ccc(F)cc2)oc2cc(N(c3cc(F)c(B4OC(C)(C)C(C)(C)O4)c(COCOC)c3)S(C)(=O)=O)c(C3CC3)cc12. The molecule has 1 amide bonds. The van der Waals surface area contributed by atoms with E-state index in [9.17, 15) is 17.6 Å². The molecular formula is C35H39BF2N2O8S. The Morgan fingerprint density at radius 2 is 1.69 bits per heavy atom. The Balaban J connectivity index is 1.55. The second-order valence-electron chi connectivity index (χ2n) is 13.4. The van der Waals surface area contributed by atoms with Gasteiger partial charge in [-0.3, -0.25) is 4.79 Å². The van der Waals surface area contributed by atoms with Gasteiger partial charge >= 0.3 is 7.12 Å². The molecular weight excluding hydrogens is 657 g/mol. The summed E-state index contributed by atoms with van der Waals surface area (Å²) in [7, 11) is -2.23. The summed E-state index contributed by atoms with van der Waals surface area (Å²) in [6, 6.07) is 11.5. The molecule has 6 rings (SSSR count). The molecule has 2 fully saturated rings. The number of ether oxygens (including phenoxy) is 2. The number of hydrogen-bond donors (Lipinski definition) is 1. The molecule has 1 N–H and O–H groups in total. The van der Waals surface area contributed by atoms with E-state index >= 15 is 4.39 Å². The summed E-state index contributed by atoms with van der Waals surface area (Å²) in [6.45, 7) is 7.20. The topological polar surface area (TPSA) is 117 Å². The number of fused-ring (bicyclic) bond motifs is 1. The largest absolute Gasteiger partial charge is 0.498 e. The molecule has 49 heavy (non-hydrogen) atoms. The standard InChI is InChI=1S/C35H39BF2N2O8S/c1-34(2)35(3,4)48-36(47-34)31-22(18-45-19-44-6)14-24(15-27(31)38)40(49(7,42)43)28-17-29-26(16-25(28)20-8-9-20)30(33(41)39-5)32(46-29)21-10-12-23(37)13-11-21/h10-17,20H,8-9,18-19H2,1-7H3,(H,39,41). The van der Waals surface area contributed by atoms with E-state index in [2.05, 4.69) is 5.32 Å². The van der Waals surface area contributed by atoms with E-state index in [1.807, 2.05) is 27.7 Å². The molecule has 3 aromatic carbocycles. The predicted molar refractivity (Wildman–Crippen MR) is 183 cm³/mol. The molecule has 14 heteroatoms. The molecule has 2 aliphatic rings. The number of methoxy groups -OCH3 is 1. The maximum atomic E-state index is 16.4. The molecule has 1 saturated carbocycles. The monoisotopic (exact) mass is 696 g/mol. The molecule has 260 valence electrons. The summed E-state index contributed by atoms with van der Waals surface area (Å²) in [4.78, 5) is 13.2. The van der Waals surface area contributed by atoms with E-state index < -0.39 is 45.9 Å². The molecule has 1 aliphatic carbocycles. The molecule has 10 nitrogen and oxygen atoms in total. The normalized spacial score (nSPS) is 17.1.